The summed E-state index contributed by atoms with van der Waals surface area (Å²) in [4.78, 5) is 30.2. The zero-order valence-electron chi connectivity index (χ0n) is 22.1. The van der Waals surface area contributed by atoms with Crippen LogP contribution in [0.3, 0.4) is 0 Å². The van der Waals surface area contributed by atoms with Gasteiger partial charge in [-0.05, 0) is 54.0 Å². The zero-order chi connectivity index (χ0) is 27.2. The Labute approximate surface area is 228 Å². The lowest BCUT2D eigenvalue weighted by Gasteiger charge is -2.45. The second-order valence-electron chi connectivity index (χ2n) is 10.4. The van der Waals surface area contributed by atoms with Crippen LogP contribution in [0.15, 0.2) is 97.1 Å². The molecule has 0 amide bonds. The number of carbonyl (C=O) groups excluding carboxylic acids is 2. The summed E-state index contributed by atoms with van der Waals surface area (Å²) in [5.41, 5.74) is 2.25. The van der Waals surface area contributed by atoms with Crippen LogP contribution >= 0.6 is 0 Å². The van der Waals surface area contributed by atoms with Gasteiger partial charge in [0.2, 0.25) is 0 Å². The smallest absolute Gasteiger partial charge is 0.329 e. The molecule has 5 nitrogen and oxygen atoms in total. The van der Waals surface area contributed by atoms with Crippen molar-refractivity contribution in [2.24, 2.45) is 11.3 Å². The summed E-state index contributed by atoms with van der Waals surface area (Å²) in [7, 11) is 3.00. The summed E-state index contributed by atoms with van der Waals surface area (Å²) in [6.07, 6.45) is 5.45. The van der Waals surface area contributed by atoms with Crippen LogP contribution in [-0.2, 0) is 19.1 Å². The molecule has 3 aliphatic rings. The largest absolute Gasteiger partial charge is 0.467 e. The Morgan fingerprint density at radius 3 is 2.28 bits per heavy atom. The number of hydrogen-bond acceptors (Lipinski definition) is 5. The molecule has 6 rings (SSSR count). The maximum atomic E-state index is 14.3. The van der Waals surface area contributed by atoms with E-state index in [1.54, 1.807) is 19.3 Å². The monoisotopic (exact) mass is 515 g/mol. The van der Waals surface area contributed by atoms with Gasteiger partial charge in [-0.15, -0.1) is 0 Å². The summed E-state index contributed by atoms with van der Waals surface area (Å²) >= 11 is 0. The van der Waals surface area contributed by atoms with Crippen LogP contribution in [0.4, 0.5) is 0 Å². The molecule has 0 spiro atoms. The highest BCUT2D eigenvalue weighted by Gasteiger charge is 2.71. The SMILES string of the molecule is COC(=O)[C@H]1[C@H]2[C@](C#Cc3ccccc3)(C(=O)C=C[C@@]2(C)OC)[C@@H]2c3ccccc3C=C(c3ccccc3)N21. The van der Waals surface area contributed by atoms with Crippen molar-refractivity contribution in [3.05, 3.63) is 119 Å². The first-order chi connectivity index (χ1) is 18.9. The molecule has 0 bridgehead atoms. The first-order valence-corrected chi connectivity index (χ1v) is 13.0. The average molecular weight is 516 g/mol. The van der Waals surface area contributed by atoms with Gasteiger partial charge in [0, 0.05) is 24.3 Å². The van der Waals surface area contributed by atoms with Crippen molar-refractivity contribution >= 4 is 23.5 Å². The molecule has 39 heavy (non-hydrogen) atoms. The fraction of sp³-hybridized carbons (Fsp3) is 0.235. The van der Waals surface area contributed by atoms with E-state index in [9.17, 15) is 9.59 Å². The van der Waals surface area contributed by atoms with E-state index in [1.165, 1.54) is 7.11 Å². The number of allylic oxidation sites excluding steroid dienone is 1. The number of fused-ring (bicyclic) bond motifs is 5. The van der Waals surface area contributed by atoms with Gasteiger partial charge in [0.1, 0.15) is 11.5 Å². The quantitative estimate of drug-likeness (QED) is 0.350. The third kappa shape index (κ3) is 3.67. The average Bonchev–Trinajstić information content (AvgIpc) is 3.32. The molecule has 1 fully saturated rings. The maximum Gasteiger partial charge on any atom is 0.329 e. The zero-order valence-corrected chi connectivity index (χ0v) is 22.1. The fourth-order valence-electron chi connectivity index (χ4n) is 6.60. The molecule has 1 saturated heterocycles. The van der Waals surface area contributed by atoms with Gasteiger partial charge in [0.25, 0.3) is 0 Å². The number of ketones is 1. The van der Waals surface area contributed by atoms with Gasteiger partial charge in [-0.3, -0.25) is 4.79 Å². The lowest BCUT2D eigenvalue weighted by molar-refractivity contribution is -0.151. The van der Waals surface area contributed by atoms with Crippen LogP contribution in [0.1, 0.15) is 35.2 Å². The number of methoxy groups -OCH3 is 2. The summed E-state index contributed by atoms with van der Waals surface area (Å²) in [5, 5.41) is 0. The number of benzene rings is 3. The van der Waals surface area contributed by atoms with Crippen molar-refractivity contribution in [1.82, 2.24) is 4.90 Å². The molecule has 2 heterocycles. The fourth-order valence-corrected chi connectivity index (χ4v) is 6.60. The second-order valence-corrected chi connectivity index (χ2v) is 10.4. The van der Waals surface area contributed by atoms with Gasteiger partial charge in [-0.2, -0.15) is 0 Å². The van der Waals surface area contributed by atoms with E-state index in [1.807, 2.05) is 91.9 Å². The Morgan fingerprint density at radius 2 is 1.59 bits per heavy atom. The van der Waals surface area contributed by atoms with Gasteiger partial charge in [0.15, 0.2) is 5.78 Å². The maximum absolute atomic E-state index is 14.3. The highest BCUT2D eigenvalue weighted by molar-refractivity contribution is 6.03. The number of nitrogens with zero attached hydrogens (tertiary/aromatic N) is 1. The van der Waals surface area contributed by atoms with Crippen molar-refractivity contribution in [3.8, 4) is 11.8 Å². The van der Waals surface area contributed by atoms with E-state index in [0.29, 0.717) is 0 Å². The van der Waals surface area contributed by atoms with E-state index in [-0.39, 0.29) is 5.78 Å². The highest BCUT2D eigenvalue weighted by Crippen LogP contribution is 2.64. The van der Waals surface area contributed by atoms with Gasteiger partial charge >= 0.3 is 5.97 Å². The van der Waals surface area contributed by atoms with E-state index >= 15 is 0 Å². The first-order valence-electron chi connectivity index (χ1n) is 13.0. The van der Waals surface area contributed by atoms with Crippen molar-refractivity contribution in [2.75, 3.05) is 14.2 Å². The molecule has 0 unspecified atom stereocenters. The van der Waals surface area contributed by atoms with Gasteiger partial charge in [0.05, 0.1) is 18.8 Å². The van der Waals surface area contributed by atoms with Crippen LogP contribution < -0.4 is 0 Å². The van der Waals surface area contributed by atoms with Crippen molar-refractivity contribution in [3.63, 3.8) is 0 Å². The molecule has 3 aromatic rings. The summed E-state index contributed by atoms with van der Waals surface area (Å²) in [5.74, 6) is 5.55. The molecule has 194 valence electrons. The molecule has 0 N–H and O–H groups in total. The Hall–Kier alpha value is -4.40. The Bertz CT molecular complexity index is 1560. The first kappa shape index (κ1) is 24.9. The minimum Gasteiger partial charge on any atom is -0.467 e. The predicted molar refractivity (Wildman–Crippen MR) is 150 cm³/mol. The van der Waals surface area contributed by atoms with Crippen LogP contribution in [0.25, 0.3) is 11.8 Å². The summed E-state index contributed by atoms with van der Waals surface area (Å²) in [6.45, 7) is 1.92. The molecular formula is C34H29NO4. The molecule has 1 aliphatic carbocycles. The number of carbonyl (C=O) groups is 2. The van der Waals surface area contributed by atoms with Crippen LogP contribution in [0.5, 0.6) is 0 Å². The van der Waals surface area contributed by atoms with Crippen molar-refractivity contribution in [2.45, 2.75) is 24.6 Å². The standard InChI is InChI=1S/C34H29NO4/c1-33(39-3)20-19-28(36)34(21-18-23-12-6-4-7-13-23)30(33)29(32(37)38-2)35-27(24-14-8-5-9-15-24)22-25-16-10-11-17-26(25)31(34)35/h4-17,19-20,22,29-31H,1-3H3/t29-,30-,31+,33-,34+/m1/s1. The van der Waals surface area contributed by atoms with Gasteiger partial charge < -0.3 is 14.4 Å². The van der Waals surface area contributed by atoms with Crippen LogP contribution in [0.2, 0.25) is 0 Å². The summed E-state index contributed by atoms with van der Waals surface area (Å²) < 4.78 is 11.6. The number of rotatable bonds is 3. The number of esters is 1. The normalized spacial score (nSPS) is 28.4. The Balaban J connectivity index is 1.72. The van der Waals surface area contributed by atoms with Crippen molar-refractivity contribution in [1.29, 1.82) is 0 Å². The van der Waals surface area contributed by atoms with Crippen molar-refractivity contribution < 1.29 is 19.1 Å². The molecular weight excluding hydrogens is 486 g/mol. The minimum atomic E-state index is -1.29. The molecule has 5 atom stereocenters. The van der Waals surface area contributed by atoms with E-state index < -0.39 is 35.0 Å². The second kappa shape index (κ2) is 9.41. The van der Waals surface area contributed by atoms with E-state index in [0.717, 1.165) is 28.0 Å². The molecule has 0 radical (unpaired) electrons. The molecule has 3 aromatic carbocycles. The third-order valence-electron chi connectivity index (χ3n) is 8.41. The molecule has 2 aliphatic heterocycles. The molecule has 0 saturated carbocycles. The van der Waals surface area contributed by atoms with Gasteiger partial charge in [-0.25, -0.2) is 4.79 Å². The van der Waals surface area contributed by atoms with Crippen LogP contribution in [-0.4, -0.2) is 42.5 Å². The Morgan fingerprint density at radius 1 is 0.923 bits per heavy atom. The highest BCUT2D eigenvalue weighted by atomic mass is 16.5. The molecule has 0 aromatic heterocycles. The molecule has 5 heteroatoms. The minimum absolute atomic E-state index is 0.143. The Kier molecular flexibility index (Phi) is 6.01. The third-order valence-corrected chi connectivity index (χ3v) is 8.41. The van der Waals surface area contributed by atoms with Crippen LogP contribution in [0, 0.1) is 23.2 Å². The lowest BCUT2D eigenvalue weighted by Crippen LogP contribution is -2.55. The lowest BCUT2D eigenvalue weighted by atomic mass is 9.58. The number of ether oxygens (including phenoxy) is 2. The number of hydrogen-bond donors (Lipinski definition) is 0. The van der Waals surface area contributed by atoms with E-state index in [4.69, 9.17) is 9.47 Å². The predicted octanol–water partition coefficient (Wildman–Crippen LogP) is 5.29. The topological polar surface area (TPSA) is 55.8 Å². The van der Waals surface area contributed by atoms with E-state index in [2.05, 4.69) is 22.8 Å². The summed E-state index contributed by atoms with van der Waals surface area (Å²) in [6, 6.07) is 26.2. The van der Waals surface area contributed by atoms with Gasteiger partial charge in [-0.1, -0.05) is 84.6 Å².